The van der Waals surface area contributed by atoms with Crippen LogP contribution in [0.25, 0.3) is 0 Å². The number of carbonyl (C=O) groups is 1. The van der Waals surface area contributed by atoms with Crippen molar-refractivity contribution in [1.29, 1.82) is 0 Å². The van der Waals surface area contributed by atoms with Crippen LogP contribution in [0.5, 0.6) is 5.75 Å². The molecule has 25 heavy (non-hydrogen) atoms. The maximum absolute atomic E-state index is 12.1. The summed E-state index contributed by atoms with van der Waals surface area (Å²) in [6, 6.07) is 14.0. The summed E-state index contributed by atoms with van der Waals surface area (Å²) >= 11 is 3.45. The van der Waals surface area contributed by atoms with Gasteiger partial charge >= 0.3 is 0 Å². The van der Waals surface area contributed by atoms with Crippen molar-refractivity contribution in [2.24, 2.45) is 0 Å². The molecule has 4 heteroatoms. The van der Waals surface area contributed by atoms with Gasteiger partial charge in [0.15, 0.2) is 6.61 Å². The molecule has 0 aliphatic heterocycles. The highest BCUT2D eigenvalue weighted by molar-refractivity contribution is 9.10. The first kappa shape index (κ1) is 19.5. The van der Waals surface area contributed by atoms with E-state index in [9.17, 15) is 4.79 Å². The molecule has 0 bridgehead atoms. The van der Waals surface area contributed by atoms with Crippen LogP contribution in [0.15, 0.2) is 46.9 Å². The summed E-state index contributed by atoms with van der Waals surface area (Å²) in [6.45, 7) is 10.5. The maximum atomic E-state index is 12.1. The smallest absolute Gasteiger partial charge is 0.258 e. The number of amides is 1. The van der Waals surface area contributed by atoms with Crippen molar-refractivity contribution in [3.8, 4) is 5.75 Å². The first-order valence-electron chi connectivity index (χ1n) is 8.45. The lowest BCUT2D eigenvalue weighted by Crippen LogP contribution is -2.31. The number of hydrogen-bond acceptors (Lipinski definition) is 2. The van der Waals surface area contributed by atoms with Crippen molar-refractivity contribution in [2.45, 2.75) is 46.1 Å². The Morgan fingerprint density at radius 3 is 2.36 bits per heavy atom. The Morgan fingerprint density at radius 2 is 1.80 bits per heavy atom. The van der Waals surface area contributed by atoms with E-state index in [2.05, 4.69) is 66.3 Å². The van der Waals surface area contributed by atoms with Crippen LogP contribution in [-0.2, 0) is 10.2 Å². The van der Waals surface area contributed by atoms with Crippen molar-refractivity contribution < 1.29 is 9.53 Å². The molecule has 1 atom stereocenters. The predicted octanol–water partition coefficient (Wildman–Crippen LogP) is 5.31. The molecule has 2 rings (SSSR count). The normalized spacial score (nSPS) is 12.6. The second-order valence-electron chi connectivity index (χ2n) is 7.36. The third-order valence-corrected chi connectivity index (χ3v) is 5.04. The summed E-state index contributed by atoms with van der Waals surface area (Å²) in [7, 11) is 0. The van der Waals surface area contributed by atoms with Gasteiger partial charge in [0.2, 0.25) is 0 Å². The number of ether oxygens (including phenoxy) is 1. The molecule has 2 aromatic rings. The average Bonchev–Trinajstić information content (AvgIpc) is 2.55. The average molecular weight is 404 g/mol. The molecule has 0 aromatic heterocycles. The van der Waals surface area contributed by atoms with Crippen molar-refractivity contribution in [3.05, 3.63) is 63.6 Å². The quantitative estimate of drug-likeness (QED) is 0.733. The van der Waals surface area contributed by atoms with E-state index < -0.39 is 0 Å². The fraction of sp³-hybridized carbons (Fsp3) is 0.381. The number of carbonyl (C=O) groups excluding carboxylic acids is 1. The van der Waals surface area contributed by atoms with E-state index in [1.165, 1.54) is 5.56 Å². The zero-order chi connectivity index (χ0) is 18.6. The molecule has 3 nitrogen and oxygen atoms in total. The van der Waals surface area contributed by atoms with Crippen LogP contribution in [0.1, 0.15) is 50.4 Å². The first-order valence-corrected chi connectivity index (χ1v) is 9.25. The summed E-state index contributed by atoms with van der Waals surface area (Å²) in [5.41, 5.74) is 3.57. The summed E-state index contributed by atoms with van der Waals surface area (Å²) in [5.74, 6) is 0.561. The highest BCUT2D eigenvalue weighted by Gasteiger charge is 2.15. The Bertz CT molecular complexity index is 733. The maximum Gasteiger partial charge on any atom is 0.258 e. The van der Waals surface area contributed by atoms with E-state index in [1.807, 2.05) is 32.0 Å². The minimum Gasteiger partial charge on any atom is -0.484 e. The second kappa shape index (κ2) is 8.05. The van der Waals surface area contributed by atoms with E-state index in [1.54, 1.807) is 0 Å². The van der Waals surface area contributed by atoms with Gasteiger partial charge in [-0.3, -0.25) is 4.79 Å². The molecule has 1 N–H and O–H groups in total. The molecule has 0 saturated carbocycles. The summed E-state index contributed by atoms with van der Waals surface area (Å²) in [5, 5.41) is 2.98. The third kappa shape index (κ3) is 5.60. The lowest BCUT2D eigenvalue weighted by atomic mass is 9.86. The number of nitrogens with one attached hydrogen (secondary N) is 1. The fourth-order valence-electron chi connectivity index (χ4n) is 2.49. The number of rotatable bonds is 5. The summed E-state index contributed by atoms with van der Waals surface area (Å²) in [6.07, 6.45) is 0. The number of halogens is 1. The summed E-state index contributed by atoms with van der Waals surface area (Å²) in [4.78, 5) is 12.1. The van der Waals surface area contributed by atoms with E-state index in [4.69, 9.17) is 4.74 Å². The third-order valence-electron chi connectivity index (χ3n) is 4.15. The zero-order valence-corrected chi connectivity index (χ0v) is 17.1. The Balaban J connectivity index is 1.90. The van der Waals surface area contributed by atoms with Crippen LogP contribution in [0.4, 0.5) is 0 Å². The van der Waals surface area contributed by atoms with Crippen LogP contribution >= 0.6 is 15.9 Å². The molecule has 0 unspecified atom stereocenters. The second-order valence-corrected chi connectivity index (χ2v) is 8.22. The summed E-state index contributed by atoms with van der Waals surface area (Å²) < 4.78 is 6.60. The molecule has 0 fully saturated rings. The number of aryl methyl sites for hydroxylation is 1. The number of benzene rings is 2. The van der Waals surface area contributed by atoms with Gasteiger partial charge in [0.05, 0.1) is 6.04 Å². The van der Waals surface area contributed by atoms with Gasteiger partial charge in [-0.2, -0.15) is 0 Å². The highest BCUT2D eigenvalue weighted by Crippen LogP contribution is 2.24. The molecule has 0 radical (unpaired) electrons. The fourth-order valence-corrected chi connectivity index (χ4v) is 2.74. The van der Waals surface area contributed by atoms with Gasteiger partial charge in [-0.15, -0.1) is 0 Å². The molecule has 0 aliphatic rings. The van der Waals surface area contributed by atoms with Gasteiger partial charge in [-0.25, -0.2) is 0 Å². The van der Waals surface area contributed by atoms with Crippen molar-refractivity contribution in [2.75, 3.05) is 6.61 Å². The minimum absolute atomic E-state index is 0.00544. The topological polar surface area (TPSA) is 38.3 Å². The van der Waals surface area contributed by atoms with Crippen LogP contribution in [0, 0.1) is 6.92 Å². The van der Waals surface area contributed by atoms with E-state index in [-0.39, 0.29) is 24.0 Å². The minimum atomic E-state index is -0.132. The molecule has 2 aromatic carbocycles. The molecule has 0 saturated heterocycles. The lowest BCUT2D eigenvalue weighted by molar-refractivity contribution is -0.123. The predicted molar refractivity (Wildman–Crippen MR) is 106 cm³/mol. The Hall–Kier alpha value is -1.81. The zero-order valence-electron chi connectivity index (χ0n) is 15.5. The van der Waals surface area contributed by atoms with Crippen LogP contribution in [0.2, 0.25) is 0 Å². The van der Waals surface area contributed by atoms with E-state index in [0.29, 0.717) is 5.75 Å². The Morgan fingerprint density at radius 1 is 1.16 bits per heavy atom. The molecule has 1 amide bonds. The van der Waals surface area contributed by atoms with Crippen LogP contribution in [-0.4, -0.2) is 12.5 Å². The van der Waals surface area contributed by atoms with Gasteiger partial charge in [0.1, 0.15) is 5.75 Å². The standard InChI is InChI=1S/C21H26BrNO2/c1-14-12-18(10-11-19(14)22)25-13-20(24)23-15(2)16-6-8-17(9-7-16)21(3,4)5/h6-12,15H,13H2,1-5H3,(H,23,24)/t15-/m0/s1. The molecule has 0 heterocycles. The van der Waals surface area contributed by atoms with Crippen LogP contribution in [0.3, 0.4) is 0 Å². The van der Waals surface area contributed by atoms with Gasteiger partial charge in [-0.1, -0.05) is 61.0 Å². The SMILES string of the molecule is Cc1cc(OCC(=O)N[C@@H](C)c2ccc(C(C)(C)C)cc2)ccc1Br. The highest BCUT2D eigenvalue weighted by atomic mass is 79.9. The van der Waals surface area contributed by atoms with E-state index in [0.717, 1.165) is 15.6 Å². The Kier molecular flexibility index (Phi) is 6.28. The van der Waals surface area contributed by atoms with Crippen molar-refractivity contribution in [3.63, 3.8) is 0 Å². The molecular formula is C21H26BrNO2. The van der Waals surface area contributed by atoms with Gasteiger partial charge in [0.25, 0.3) is 5.91 Å². The monoisotopic (exact) mass is 403 g/mol. The van der Waals surface area contributed by atoms with E-state index >= 15 is 0 Å². The first-order chi connectivity index (χ1) is 11.7. The van der Waals surface area contributed by atoms with Gasteiger partial charge in [-0.05, 0) is 54.2 Å². The largest absolute Gasteiger partial charge is 0.484 e. The molecule has 0 spiro atoms. The lowest BCUT2D eigenvalue weighted by Gasteiger charge is -2.20. The van der Waals surface area contributed by atoms with Gasteiger partial charge in [0, 0.05) is 4.47 Å². The molecule has 134 valence electrons. The van der Waals surface area contributed by atoms with Crippen molar-refractivity contribution >= 4 is 21.8 Å². The molecular weight excluding hydrogens is 378 g/mol. The van der Waals surface area contributed by atoms with Crippen LogP contribution < -0.4 is 10.1 Å². The number of hydrogen-bond donors (Lipinski definition) is 1. The molecule has 0 aliphatic carbocycles. The van der Waals surface area contributed by atoms with Crippen molar-refractivity contribution in [1.82, 2.24) is 5.32 Å². The Labute approximate surface area is 158 Å². The van der Waals surface area contributed by atoms with Gasteiger partial charge < -0.3 is 10.1 Å².